The SMILES string of the molecule is COc1ccc(C(NC(=O)C=Cc2nccs2)c2nccn2C)cc1. The first-order valence-electron chi connectivity index (χ1n) is 7.66. The first kappa shape index (κ1) is 16.9. The lowest BCUT2D eigenvalue weighted by Gasteiger charge is -2.18. The molecule has 0 bridgehead atoms. The molecule has 0 radical (unpaired) electrons. The Labute approximate surface area is 149 Å². The predicted octanol–water partition coefficient (Wildman–Crippen LogP) is 2.80. The van der Waals surface area contributed by atoms with E-state index in [-0.39, 0.29) is 11.9 Å². The monoisotopic (exact) mass is 354 g/mol. The highest BCUT2D eigenvalue weighted by Gasteiger charge is 2.20. The van der Waals surface area contributed by atoms with Gasteiger partial charge in [0.2, 0.25) is 5.91 Å². The summed E-state index contributed by atoms with van der Waals surface area (Å²) in [5, 5.41) is 5.66. The Morgan fingerprint density at radius 1 is 1.28 bits per heavy atom. The molecule has 0 saturated heterocycles. The molecule has 1 amide bonds. The molecule has 2 heterocycles. The van der Waals surface area contributed by atoms with Crippen LogP contribution in [-0.2, 0) is 11.8 Å². The molecule has 2 aromatic heterocycles. The van der Waals surface area contributed by atoms with Crippen molar-refractivity contribution in [2.75, 3.05) is 7.11 Å². The zero-order valence-corrected chi connectivity index (χ0v) is 14.7. The van der Waals surface area contributed by atoms with E-state index in [2.05, 4.69) is 15.3 Å². The molecule has 0 fully saturated rings. The quantitative estimate of drug-likeness (QED) is 0.691. The zero-order chi connectivity index (χ0) is 17.6. The van der Waals surface area contributed by atoms with Crippen LogP contribution < -0.4 is 10.1 Å². The molecule has 0 aliphatic carbocycles. The van der Waals surface area contributed by atoms with Gasteiger partial charge in [0, 0.05) is 37.1 Å². The van der Waals surface area contributed by atoms with E-state index < -0.39 is 0 Å². The molecule has 1 aromatic carbocycles. The molecular weight excluding hydrogens is 336 g/mol. The van der Waals surface area contributed by atoms with Gasteiger partial charge in [0.25, 0.3) is 0 Å². The number of aromatic nitrogens is 3. The van der Waals surface area contributed by atoms with E-state index >= 15 is 0 Å². The average Bonchev–Trinajstić information content (AvgIpc) is 3.30. The average molecular weight is 354 g/mol. The number of amides is 1. The number of benzene rings is 1. The Kier molecular flexibility index (Phi) is 5.25. The van der Waals surface area contributed by atoms with Crippen LogP contribution in [0.3, 0.4) is 0 Å². The van der Waals surface area contributed by atoms with Gasteiger partial charge in [-0.25, -0.2) is 9.97 Å². The maximum atomic E-state index is 12.4. The number of carbonyl (C=O) groups is 1. The second-order valence-corrected chi connectivity index (χ2v) is 6.24. The predicted molar refractivity (Wildman–Crippen MR) is 97.3 cm³/mol. The largest absolute Gasteiger partial charge is 0.497 e. The number of aryl methyl sites for hydroxylation is 1. The van der Waals surface area contributed by atoms with Crippen LogP contribution in [0.2, 0.25) is 0 Å². The Balaban J connectivity index is 1.83. The molecule has 25 heavy (non-hydrogen) atoms. The molecule has 0 saturated carbocycles. The Hall–Kier alpha value is -2.93. The summed E-state index contributed by atoms with van der Waals surface area (Å²) in [7, 11) is 3.52. The minimum atomic E-state index is -0.362. The van der Waals surface area contributed by atoms with Crippen molar-refractivity contribution in [1.82, 2.24) is 19.9 Å². The van der Waals surface area contributed by atoms with Gasteiger partial charge in [-0.05, 0) is 23.8 Å². The third kappa shape index (κ3) is 4.13. The zero-order valence-electron chi connectivity index (χ0n) is 13.9. The summed E-state index contributed by atoms with van der Waals surface area (Å²) in [4.78, 5) is 20.9. The normalized spacial score (nSPS) is 12.2. The van der Waals surface area contributed by atoms with Crippen molar-refractivity contribution in [2.24, 2.45) is 7.05 Å². The molecule has 3 rings (SSSR count). The molecular formula is C18H18N4O2S. The van der Waals surface area contributed by atoms with Crippen molar-refractivity contribution in [2.45, 2.75) is 6.04 Å². The molecule has 1 N–H and O–H groups in total. The van der Waals surface area contributed by atoms with E-state index in [1.165, 1.54) is 17.4 Å². The van der Waals surface area contributed by atoms with Gasteiger partial charge in [0.1, 0.15) is 22.6 Å². The molecule has 7 heteroatoms. The molecule has 1 atom stereocenters. The van der Waals surface area contributed by atoms with E-state index in [1.54, 1.807) is 25.6 Å². The van der Waals surface area contributed by atoms with Gasteiger partial charge in [0.15, 0.2) is 0 Å². The maximum absolute atomic E-state index is 12.4. The highest BCUT2D eigenvalue weighted by atomic mass is 32.1. The highest BCUT2D eigenvalue weighted by molar-refractivity contribution is 7.10. The highest BCUT2D eigenvalue weighted by Crippen LogP contribution is 2.23. The lowest BCUT2D eigenvalue weighted by Crippen LogP contribution is -2.29. The van der Waals surface area contributed by atoms with Gasteiger partial charge in [-0.15, -0.1) is 11.3 Å². The Morgan fingerprint density at radius 2 is 2.08 bits per heavy atom. The number of carbonyl (C=O) groups excluding carboxylic acids is 1. The van der Waals surface area contributed by atoms with Crippen LogP contribution in [0.5, 0.6) is 5.75 Å². The summed E-state index contributed by atoms with van der Waals surface area (Å²) < 4.78 is 7.09. The summed E-state index contributed by atoms with van der Waals surface area (Å²) in [5.41, 5.74) is 0.922. The van der Waals surface area contributed by atoms with Gasteiger partial charge in [-0.1, -0.05) is 12.1 Å². The van der Waals surface area contributed by atoms with E-state index in [0.717, 1.165) is 22.1 Å². The van der Waals surface area contributed by atoms with Crippen molar-refractivity contribution in [3.8, 4) is 5.75 Å². The van der Waals surface area contributed by atoms with Crippen LogP contribution in [0, 0.1) is 0 Å². The summed E-state index contributed by atoms with van der Waals surface area (Å²) in [6, 6.07) is 7.21. The van der Waals surface area contributed by atoms with Crippen LogP contribution in [-0.4, -0.2) is 27.6 Å². The number of imidazole rings is 1. The van der Waals surface area contributed by atoms with Crippen LogP contribution in [0.1, 0.15) is 22.4 Å². The van der Waals surface area contributed by atoms with Gasteiger partial charge < -0.3 is 14.6 Å². The lowest BCUT2D eigenvalue weighted by atomic mass is 10.1. The van der Waals surface area contributed by atoms with E-state index in [4.69, 9.17) is 4.74 Å². The number of nitrogens with one attached hydrogen (secondary N) is 1. The minimum Gasteiger partial charge on any atom is -0.497 e. The second kappa shape index (κ2) is 7.76. The Bertz CT molecular complexity index is 854. The smallest absolute Gasteiger partial charge is 0.244 e. The number of ether oxygens (including phenoxy) is 1. The Morgan fingerprint density at radius 3 is 2.68 bits per heavy atom. The van der Waals surface area contributed by atoms with Crippen LogP contribution in [0.25, 0.3) is 6.08 Å². The summed E-state index contributed by atoms with van der Waals surface area (Å²) in [5.74, 6) is 1.30. The summed E-state index contributed by atoms with van der Waals surface area (Å²) >= 11 is 1.48. The topological polar surface area (TPSA) is 69.0 Å². The van der Waals surface area contributed by atoms with Gasteiger partial charge in [0.05, 0.1) is 7.11 Å². The number of rotatable bonds is 6. The van der Waals surface area contributed by atoms with Crippen molar-refractivity contribution in [1.29, 1.82) is 0 Å². The minimum absolute atomic E-state index is 0.209. The third-order valence-corrected chi connectivity index (χ3v) is 4.42. The maximum Gasteiger partial charge on any atom is 0.244 e. The molecule has 0 spiro atoms. The molecule has 3 aromatic rings. The van der Waals surface area contributed by atoms with Crippen molar-refractivity contribution < 1.29 is 9.53 Å². The number of thiazole rings is 1. The van der Waals surface area contributed by atoms with Crippen molar-refractivity contribution >= 4 is 23.3 Å². The van der Waals surface area contributed by atoms with Crippen molar-refractivity contribution in [3.63, 3.8) is 0 Å². The third-order valence-electron chi connectivity index (χ3n) is 3.68. The summed E-state index contributed by atoms with van der Waals surface area (Å²) in [6.45, 7) is 0. The summed E-state index contributed by atoms with van der Waals surface area (Å²) in [6.07, 6.45) is 8.45. The lowest BCUT2D eigenvalue weighted by molar-refractivity contribution is -0.117. The first-order valence-corrected chi connectivity index (χ1v) is 8.54. The van der Waals surface area contributed by atoms with Gasteiger partial charge in [-0.3, -0.25) is 4.79 Å². The second-order valence-electron chi connectivity index (χ2n) is 5.31. The standard InChI is InChI=1S/C18H18N4O2S/c1-22-11-9-20-18(22)17(13-3-5-14(24-2)6-4-13)21-15(23)7-8-16-19-10-12-25-16/h3-12,17H,1-2H3,(H,21,23). The molecule has 0 aliphatic rings. The number of methoxy groups -OCH3 is 1. The van der Waals surface area contributed by atoms with E-state index in [0.29, 0.717) is 0 Å². The van der Waals surface area contributed by atoms with Crippen LogP contribution in [0.15, 0.2) is 54.3 Å². The van der Waals surface area contributed by atoms with E-state index in [1.807, 2.05) is 47.5 Å². The number of hydrogen-bond acceptors (Lipinski definition) is 5. The fraction of sp³-hybridized carbons (Fsp3) is 0.167. The van der Waals surface area contributed by atoms with Crippen molar-refractivity contribution in [3.05, 3.63) is 70.7 Å². The van der Waals surface area contributed by atoms with Crippen LogP contribution in [0.4, 0.5) is 0 Å². The number of nitrogens with zero attached hydrogens (tertiary/aromatic N) is 3. The first-order chi connectivity index (χ1) is 12.2. The van der Waals surface area contributed by atoms with Gasteiger partial charge >= 0.3 is 0 Å². The van der Waals surface area contributed by atoms with Crippen LogP contribution >= 0.6 is 11.3 Å². The fourth-order valence-electron chi connectivity index (χ4n) is 2.40. The fourth-order valence-corrected chi connectivity index (χ4v) is 2.93. The molecule has 0 aliphatic heterocycles. The van der Waals surface area contributed by atoms with E-state index in [9.17, 15) is 4.79 Å². The number of hydrogen-bond donors (Lipinski definition) is 1. The molecule has 6 nitrogen and oxygen atoms in total. The molecule has 128 valence electrons. The van der Waals surface area contributed by atoms with Gasteiger partial charge in [-0.2, -0.15) is 0 Å². The molecule has 1 unspecified atom stereocenters.